The standard InChI is InChI=1S/C16H22ClN3O2/c1-2-22-15-9-12(18)11(17)8-10(15)16(21)19-13-5-7-20-6-3-4-14(13)20/h8-9,13-14H,2-7,18H2,1H3,(H,19,21)/t13-,14+/m1/s1. The summed E-state index contributed by atoms with van der Waals surface area (Å²) in [7, 11) is 0. The van der Waals surface area contributed by atoms with Gasteiger partial charge in [0, 0.05) is 24.7 Å². The lowest BCUT2D eigenvalue weighted by Gasteiger charge is -2.22. The molecule has 0 aliphatic carbocycles. The van der Waals surface area contributed by atoms with Crippen LogP contribution in [0.25, 0.3) is 0 Å². The predicted octanol–water partition coefficient (Wildman–Crippen LogP) is 2.29. The Hall–Kier alpha value is -1.46. The Morgan fingerprint density at radius 1 is 1.45 bits per heavy atom. The molecule has 0 bridgehead atoms. The Labute approximate surface area is 135 Å². The van der Waals surface area contributed by atoms with Crippen molar-refractivity contribution in [2.24, 2.45) is 0 Å². The number of nitrogens with two attached hydrogens (primary N) is 1. The Kier molecular flexibility index (Phi) is 4.45. The van der Waals surface area contributed by atoms with Gasteiger partial charge in [0.1, 0.15) is 5.75 Å². The fourth-order valence-electron chi connectivity index (χ4n) is 3.52. The van der Waals surface area contributed by atoms with Crippen LogP contribution in [0.15, 0.2) is 12.1 Å². The van der Waals surface area contributed by atoms with Crippen LogP contribution >= 0.6 is 11.6 Å². The average Bonchev–Trinajstić information content (AvgIpc) is 3.08. The number of carbonyl (C=O) groups excluding carboxylic acids is 1. The molecule has 0 aromatic heterocycles. The van der Waals surface area contributed by atoms with Gasteiger partial charge in [-0.25, -0.2) is 0 Å². The van der Waals surface area contributed by atoms with Gasteiger partial charge in [-0.3, -0.25) is 9.69 Å². The molecule has 0 radical (unpaired) electrons. The van der Waals surface area contributed by atoms with E-state index < -0.39 is 0 Å². The van der Waals surface area contributed by atoms with Crippen molar-refractivity contribution in [1.82, 2.24) is 10.2 Å². The average molecular weight is 324 g/mol. The lowest BCUT2D eigenvalue weighted by atomic mass is 10.1. The van der Waals surface area contributed by atoms with Gasteiger partial charge in [-0.1, -0.05) is 11.6 Å². The highest BCUT2D eigenvalue weighted by Crippen LogP contribution is 2.31. The molecule has 5 nitrogen and oxygen atoms in total. The molecule has 22 heavy (non-hydrogen) atoms. The number of ether oxygens (including phenoxy) is 1. The molecule has 3 N–H and O–H groups in total. The molecule has 0 spiro atoms. The van der Waals surface area contributed by atoms with E-state index in [-0.39, 0.29) is 11.9 Å². The van der Waals surface area contributed by atoms with Crippen molar-refractivity contribution in [2.45, 2.75) is 38.3 Å². The first-order valence-corrected chi connectivity index (χ1v) is 8.24. The normalized spacial score (nSPS) is 24.3. The maximum atomic E-state index is 12.6. The molecule has 1 amide bonds. The van der Waals surface area contributed by atoms with Crippen LogP contribution in [0.4, 0.5) is 5.69 Å². The first-order valence-electron chi connectivity index (χ1n) is 7.87. The fourth-order valence-corrected chi connectivity index (χ4v) is 3.68. The van der Waals surface area contributed by atoms with E-state index in [1.165, 1.54) is 6.42 Å². The summed E-state index contributed by atoms with van der Waals surface area (Å²) in [6.07, 6.45) is 3.38. The highest BCUT2D eigenvalue weighted by atomic mass is 35.5. The van der Waals surface area contributed by atoms with Crippen LogP contribution in [-0.4, -0.2) is 42.6 Å². The zero-order valence-corrected chi connectivity index (χ0v) is 13.5. The number of nitrogens with one attached hydrogen (secondary N) is 1. The first-order chi connectivity index (χ1) is 10.6. The molecule has 1 aromatic carbocycles. The van der Waals surface area contributed by atoms with Gasteiger partial charge >= 0.3 is 0 Å². The summed E-state index contributed by atoms with van der Waals surface area (Å²) in [4.78, 5) is 15.1. The maximum absolute atomic E-state index is 12.6. The molecular weight excluding hydrogens is 302 g/mol. The Balaban J connectivity index is 1.78. The topological polar surface area (TPSA) is 67.6 Å². The van der Waals surface area contributed by atoms with Gasteiger partial charge in [-0.15, -0.1) is 0 Å². The van der Waals surface area contributed by atoms with E-state index >= 15 is 0 Å². The third kappa shape index (κ3) is 2.88. The number of hydrogen-bond acceptors (Lipinski definition) is 4. The molecule has 0 saturated carbocycles. The largest absolute Gasteiger partial charge is 0.493 e. The second kappa shape index (κ2) is 6.34. The highest BCUT2D eigenvalue weighted by molar-refractivity contribution is 6.33. The summed E-state index contributed by atoms with van der Waals surface area (Å²) in [6, 6.07) is 3.90. The minimum Gasteiger partial charge on any atom is -0.493 e. The third-order valence-electron chi connectivity index (χ3n) is 4.57. The monoisotopic (exact) mass is 323 g/mol. The first kappa shape index (κ1) is 15.4. The second-order valence-corrected chi connectivity index (χ2v) is 6.32. The SMILES string of the molecule is CCOc1cc(N)c(Cl)cc1C(=O)N[C@@H]1CCN2CCC[C@@H]12. The van der Waals surface area contributed by atoms with Crippen LogP contribution in [0.5, 0.6) is 5.75 Å². The Morgan fingerprint density at radius 2 is 2.27 bits per heavy atom. The quantitative estimate of drug-likeness (QED) is 0.834. The summed E-state index contributed by atoms with van der Waals surface area (Å²) >= 11 is 6.07. The van der Waals surface area contributed by atoms with E-state index in [0.717, 1.165) is 25.9 Å². The summed E-state index contributed by atoms with van der Waals surface area (Å²) in [5.74, 6) is 0.354. The van der Waals surface area contributed by atoms with Crippen LogP contribution < -0.4 is 15.8 Å². The predicted molar refractivity (Wildman–Crippen MR) is 87.5 cm³/mol. The van der Waals surface area contributed by atoms with Crippen LogP contribution in [0, 0.1) is 0 Å². The molecule has 2 atom stereocenters. The smallest absolute Gasteiger partial charge is 0.255 e. The van der Waals surface area contributed by atoms with Crippen molar-refractivity contribution < 1.29 is 9.53 Å². The number of rotatable bonds is 4. The van der Waals surface area contributed by atoms with Crippen molar-refractivity contribution in [3.63, 3.8) is 0 Å². The van der Waals surface area contributed by atoms with Crippen LogP contribution in [0.2, 0.25) is 5.02 Å². The van der Waals surface area contributed by atoms with Crippen molar-refractivity contribution in [1.29, 1.82) is 0 Å². The third-order valence-corrected chi connectivity index (χ3v) is 4.89. The van der Waals surface area contributed by atoms with Gasteiger partial charge in [-0.2, -0.15) is 0 Å². The van der Waals surface area contributed by atoms with E-state index in [1.807, 2.05) is 6.92 Å². The lowest BCUT2D eigenvalue weighted by molar-refractivity contribution is 0.0926. The van der Waals surface area contributed by atoms with Gasteiger partial charge in [0.15, 0.2) is 0 Å². The molecule has 2 aliphatic heterocycles. The number of carbonyl (C=O) groups is 1. The zero-order chi connectivity index (χ0) is 15.7. The van der Waals surface area contributed by atoms with E-state index in [4.69, 9.17) is 22.1 Å². The second-order valence-electron chi connectivity index (χ2n) is 5.92. The molecule has 2 fully saturated rings. The fraction of sp³-hybridized carbons (Fsp3) is 0.562. The van der Waals surface area contributed by atoms with Gasteiger partial charge in [0.05, 0.1) is 22.9 Å². The summed E-state index contributed by atoms with van der Waals surface area (Å²) in [5.41, 5.74) is 6.68. The molecule has 2 heterocycles. The molecule has 120 valence electrons. The van der Waals surface area contributed by atoms with Gasteiger partial charge in [0.25, 0.3) is 5.91 Å². The van der Waals surface area contributed by atoms with Crippen molar-refractivity contribution in [3.8, 4) is 5.75 Å². The van der Waals surface area contributed by atoms with Crippen molar-refractivity contribution in [3.05, 3.63) is 22.7 Å². The molecule has 2 aliphatic rings. The zero-order valence-electron chi connectivity index (χ0n) is 12.8. The van der Waals surface area contributed by atoms with Crippen molar-refractivity contribution in [2.75, 3.05) is 25.4 Å². The molecule has 2 saturated heterocycles. The number of nitrogen functional groups attached to an aromatic ring is 1. The number of hydrogen-bond donors (Lipinski definition) is 2. The maximum Gasteiger partial charge on any atom is 0.255 e. The van der Waals surface area contributed by atoms with Crippen LogP contribution in [0.1, 0.15) is 36.5 Å². The summed E-state index contributed by atoms with van der Waals surface area (Å²) < 4.78 is 5.54. The summed E-state index contributed by atoms with van der Waals surface area (Å²) in [6.45, 7) is 4.56. The van der Waals surface area contributed by atoms with E-state index in [2.05, 4.69) is 10.2 Å². The van der Waals surface area contributed by atoms with E-state index in [1.54, 1.807) is 12.1 Å². The molecular formula is C16H22ClN3O2. The molecule has 0 unspecified atom stereocenters. The summed E-state index contributed by atoms with van der Waals surface area (Å²) in [5, 5.41) is 3.53. The number of fused-ring (bicyclic) bond motifs is 1. The van der Waals surface area contributed by atoms with E-state index in [0.29, 0.717) is 34.7 Å². The number of halogens is 1. The molecule has 1 aromatic rings. The lowest BCUT2D eigenvalue weighted by Crippen LogP contribution is -2.42. The molecule has 6 heteroatoms. The number of amides is 1. The number of benzene rings is 1. The minimum atomic E-state index is -0.135. The Bertz CT molecular complexity index is 579. The van der Waals surface area contributed by atoms with Gasteiger partial charge < -0.3 is 15.8 Å². The minimum absolute atomic E-state index is 0.135. The Morgan fingerprint density at radius 3 is 3.05 bits per heavy atom. The van der Waals surface area contributed by atoms with Crippen molar-refractivity contribution >= 4 is 23.2 Å². The van der Waals surface area contributed by atoms with Crippen LogP contribution in [-0.2, 0) is 0 Å². The number of nitrogens with zero attached hydrogens (tertiary/aromatic N) is 1. The van der Waals surface area contributed by atoms with Gasteiger partial charge in [0.2, 0.25) is 0 Å². The molecule has 3 rings (SSSR count). The van der Waals surface area contributed by atoms with Gasteiger partial charge in [-0.05, 0) is 38.8 Å². The highest BCUT2D eigenvalue weighted by Gasteiger charge is 2.38. The van der Waals surface area contributed by atoms with E-state index in [9.17, 15) is 4.79 Å². The van der Waals surface area contributed by atoms with Crippen LogP contribution in [0.3, 0.4) is 0 Å². The number of anilines is 1.